The number of nitrogens with one attached hydrogen (secondary N) is 1. The number of hydrogen-bond donors (Lipinski definition) is 2. The van der Waals surface area contributed by atoms with Gasteiger partial charge in [0, 0.05) is 24.4 Å². The molecule has 1 fully saturated rings. The van der Waals surface area contributed by atoms with Gasteiger partial charge in [-0.25, -0.2) is 9.97 Å². The van der Waals surface area contributed by atoms with Crippen molar-refractivity contribution in [3.8, 4) is 11.3 Å². The van der Waals surface area contributed by atoms with Crippen molar-refractivity contribution in [2.75, 3.05) is 12.3 Å². The Hall–Kier alpha value is -2.43. The molecule has 5 nitrogen and oxygen atoms in total. The summed E-state index contributed by atoms with van der Waals surface area (Å²) >= 11 is 0. The molecule has 0 radical (unpaired) electrons. The van der Waals surface area contributed by atoms with Crippen LogP contribution in [0, 0.1) is 5.92 Å². The van der Waals surface area contributed by atoms with E-state index >= 15 is 0 Å². The normalized spacial score (nSPS) is 18.0. The van der Waals surface area contributed by atoms with Gasteiger partial charge >= 0.3 is 0 Å². The van der Waals surface area contributed by atoms with Crippen LogP contribution in [0.15, 0.2) is 36.5 Å². The van der Waals surface area contributed by atoms with Gasteiger partial charge in [-0.3, -0.25) is 4.79 Å². The van der Waals surface area contributed by atoms with Crippen molar-refractivity contribution in [2.45, 2.75) is 12.8 Å². The van der Waals surface area contributed by atoms with Gasteiger partial charge in [0.2, 0.25) is 5.91 Å². The average Bonchev–Trinajstić information content (AvgIpc) is 2.87. The molecule has 2 aromatic rings. The minimum Gasteiger partial charge on any atom is -0.396 e. The predicted octanol–water partition coefficient (Wildman–Crippen LogP) is 1.40. The number of amides is 1. The second-order valence-corrected chi connectivity index (χ2v) is 4.94. The maximum atomic E-state index is 11.6. The minimum atomic E-state index is -0.0257. The van der Waals surface area contributed by atoms with E-state index < -0.39 is 0 Å². The molecule has 0 saturated carbocycles. The van der Waals surface area contributed by atoms with Gasteiger partial charge < -0.3 is 11.1 Å². The van der Waals surface area contributed by atoms with Gasteiger partial charge in [-0.05, 0) is 6.42 Å². The largest absolute Gasteiger partial charge is 0.396 e. The Labute approximate surface area is 117 Å². The Kier molecular flexibility index (Phi) is 3.33. The van der Waals surface area contributed by atoms with Gasteiger partial charge in [0.15, 0.2) is 0 Å². The zero-order valence-electron chi connectivity index (χ0n) is 11.0. The number of nitrogens with two attached hydrogens (primary N) is 1. The van der Waals surface area contributed by atoms with E-state index in [0.29, 0.717) is 17.9 Å². The van der Waals surface area contributed by atoms with Crippen LogP contribution >= 0.6 is 0 Å². The fourth-order valence-electron chi connectivity index (χ4n) is 2.41. The van der Waals surface area contributed by atoms with Crippen molar-refractivity contribution in [1.29, 1.82) is 0 Å². The highest BCUT2D eigenvalue weighted by Crippen LogP contribution is 2.23. The highest BCUT2D eigenvalue weighted by atomic mass is 16.2. The van der Waals surface area contributed by atoms with E-state index in [0.717, 1.165) is 24.2 Å². The molecule has 5 heteroatoms. The maximum Gasteiger partial charge on any atom is 0.223 e. The number of carbonyl (C=O) groups is 1. The Morgan fingerprint density at radius 1 is 1.30 bits per heavy atom. The van der Waals surface area contributed by atoms with Crippen LogP contribution in [-0.4, -0.2) is 22.4 Å². The number of anilines is 1. The lowest BCUT2D eigenvalue weighted by molar-refractivity contribution is -0.122. The summed E-state index contributed by atoms with van der Waals surface area (Å²) in [5.41, 5.74) is 8.20. The summed E-state index contributed by atoms with van der Waals surface area (Å²) < 4.78 is 0. The fourth-order valence-corrected chi connectivity index (χ4v) is 2.41. The summed E-state index contributed by atoms with van der Waals surface area (Å²) in [6, 6.07) is 9.77. The summed E-state index contributed by atoms with van der Waals surface area (Å²) in [4.78, 5) is 20.4. The molecule has 2 heterocycles. The molecule has 0 aliphatic carbocycles. The van der Waals surface area contributed by atoms with E-state index in [9.17, 15) is 4.79 Å². The van der Waals surface area contributed by atoms with Gasteiger partial charge in [-0.2, -0.15) is 0 Å². The molecule has 1 unspecified atom stereocenters. The van der Waals surface area contributed by atoms with Gasteiger partial charge in [-0.15, -0.1) is 0 Å². The number of benzene rings is 1. The van der Waals surface area contributed by atoms with Gasteiger partial charge in [0.1, 0.15) is 5.82 Å². The van der Waals surface area contributed by atoms with Gasteiger partial charge in [0.05, 0.1) is 17.6 Å². The Bertz CT molecular complexity index is 627. The van der Waals surface area contributed by atoms with Crippen LogP contribution in [-0.2, 0) is 11.2 Å². The fraction of sp³-hybridized carbons (Fsp3) is 0.267. The molecule has 1 saturated heterocycles. The molecule has 1 aromatic heterocycles. The van der Waals surface area contributed by atoms with Crippen LogP contribution in [0.1, 0.15) is 12.2 Å². The van der Waals surface area contributed by atoms with Gasteiger partial charge in [-0.1, -0.05) is 30.3 Å². The third kappa shape index (κ3) is 2.47. The first kappa shape index (κ1) is 12.6. The van der Waals surface area contributed by atoms with E-state index in [1.54, 1.807) is 6.20 Å². The van der Waals surface area contributed by atoms with E-state index in [4.69, 9.17) is 5.73 Å². The quantitative estimate of drug-likeness (QED) is 0.881. The smallest absolute Gasteiger partial charge is 0.223 e. The Morgan fingerprint density at radius 2 is 2.10 bits per heavy atom. The summed E-state index contributed by atoms with van der Waals surface area (Å²) in [7, 11) is 0. The summed E-state index contributed by atoms with van der Waals surface area (Å²) in [6.07, 6.45) is 3.02. The molecule has 1 aromatic carbocycles. The topological polar surface area (TPSA) is 80.9 Å². The lowest BCUT2D eigenvalue weighted by Crippen LogP contribution is -2.21. The van der Waals surface area contributed by atoms with Crippen LogP contribution in [0.3, 0.4) is 0 Å². The van der Waals surface area contributed by atoms with Crippen molar-refractivity contribution >= 4 is 11.6 Å². The third-order valence-corrected chi connectivity index (χ3v) is 3.51. The monoisotopic (exact) mass is 268 g/mol. The van der Waals surface area contributed by atoms with E-state index in [1.165, 1.54) is 0 Å². The van der Waals surface area contributed by atoms with Crippen LogP contribution in [0.25, 0.3) is 11.3 Å². The zero-order chi connectivity index (χ0) is 13.9. The second kappa shape index (κ2) is 5.28. The second-order valence-electron chi connectivity index (χ2n) is 4.94. The number of hydrogen-bond acceptors (Lipinski definition) is 4. The first-order chi connectivity index (χ1) is 9.74. The molecule has 1 aliphatic rings. The molecule has 20 heavy (non-hydrogen) atoms. The number of nitrogen functional groups attached to an aromatic ring is 1. The molecule has 3 N–H and O–H groups in total. The van der Waals surface area contributed by atoms with Crippen molar-refractivity contribution in [3.05, 3.63) is 42.4 Å². The average molecular weight is 268 g/mol. The van der Waals surface area contributed by atoms with Crippen molar-refractivity contribution in [2.24, 2.45) is 5.92 Å². The van der Waals surface area contributed by atoms with Crippen LogP contribution in [0.4, 0.5) is 5.69 Å². The number of aromatic nitrogens is 2. The molecule has 1 aliphatic heterocycles. The summed E-state index contributed by atoms with van der Waals surface area (Å²) in [6.45, 7) is 0.740. The minimum absolute atomic E-state index is 0.0257. The third-order valence-electron chi connectivity index (χ3n) is 3.51. The van der Waals surface area contributed by atoms with E-state index in [2.05, 4.69) is 15.3 Å². The number of rotatable bonds is 3. The van der Waals surface area contributed by atoms with E-state index in [-0.39, 0.29) is 11.8 Å². The van der Waals surface area contributed by atoms with Crippen molar-refractivity contribution in [1.82, 2.24) is 15.3 Å². The molecule has 0 bridgehead atoms. The van der Waals surface area contributed by atoms with Crippen LogP contribution < -0.4 is 11.1 Å². The maximum absolute atomic E-state index is 11.6. The number of nitrogens with zero attached hydrogens (tertiary/aromatic N) is 2. The molecule has 102 valence electrons. The Balaban J connectivity index is 1.89. The van der Waals surface area contributed by atoms with E-state index in [1.807, 2.05) is 30.3 Å². The number of carbonyl (C=O) groups excluding carboxylic acids is 1. The zero-order valence-corrected chi connectivity index (χ0v) is 11.0. The molecule has 0 spiro atoms. The van der Waals surface area contributed by atoms with Crippen molar-refractivity contribution in [3.63, 3.8) is 0 Å². The SMILES string of the molecule is Nc1cnc(CC2CCNC2=O)nc1-c1ccccc1. The first-order valence-electron chi connectivity index (χ1n) is 6.68. The lowest BCUT2D eigenvalue weighted by atomic mass is 10.0. The molecular weight excluding hydrogens is 252 g/mol. The van der Waals surface area contributed by atoms with Crippen LogP contribution in [0.5, 0.6) is 0 Å². The standard InChI is InChI=1S/C15H16N4O/c16-12-9-18-13(8-11-6-7-17-15(11)20)19-14(12)10-4-2-1-3-5-10/h1-5,9,11H,6-8,16H2,(H,17,20). The predicted molar refractivity (Wildman–Crippen MR) is 76.7 cm³/mol. The lowest BCUT2D eigenvalue weighted by Gasteiger charge is -2.09. The molecule has 1 amide bonds. The highest BCUT2D eigenvalue weighted by molar-refractivity contribution is 5.80. The Morgan fingerprint density at radius 3 is 2.80 bits per heavy atom. The first-order valence-corrected chi connectivity index (χ1v) is 6.68. The van der Waals surface area contributed by atoms with Gasteiger partial charge in [0.25, 0.3) is 0 Å². The molecular formula is C15H16N4O. The summed E-state index contributed by atoms with van der Waals surface area (Å²) in [5.74, 6) is 0.731. The molecule has 1 atom stereocenters. The molecule has 3 rings (SSSR count). The van der Waals surface area contributed by atoms with Crippen molar-refractivity contribution < 1.29 is 4.79 Å². The highest BCUT2D eigenvalue weighted by Gasteiger charge is 2.25. The summed E-state index contributed by atoms with van der Waals surface area (Å²) in [5, 5.41) is 2.83. The van der Waals surface area contributed by atoms with Crippen LogP contribution in [0.2, 0.25) is 0 Å².